The summed E-state index contributed by atoms with van der Waals surface area (Å²) in [6.07, 6.45) is 5.15. The molecule has 1 fully saturated rings. The van der Waals surface area contributed by atoms with Crippen molar-refractivity contribution in [2.45, 2.75) is 25.7 Å². The van der Waals surface area contributed by atoms with Crippen LogP contribution in [0.15, 0.2) is 18.3 Å². The van der Waals surface area contributed by atoms with Crippen LogP contribution >= 0.6 is 11.6 Å². The molecule has 1 saturated heterocycles. The van der Waals surface area contributed by atoms with E-state index in [-0.39, 0.29) is 17.5 Å². The summed E-state index contributed by atoms with van der Waals surface area (Å²) in [6.45, 7) is 1.99. The van der Waals surface area contributed by atoms with Crippen molar-refractivity contribution >= 4 is 23.4 Å². The molecular formula is C14H18ClN3O2. The number of hydrogen-bond donors (Lipinski definition) is 1. The van der Waals surface area contributed by atoms with Crippen LogP contribution in [0.2, 0.25) is 5.02 Å². The van der Waals surface area contributed by atoms with Crippen LogP contribution in [0, 0.1) is 0 Å². The zero-order valence-electron chi connectivity index (χ0n) is 11.3. The summed E-state index contributed by atoms with van der Waals surface area (Å²) in [4.78, 5) is 29.5. The lowest BCUT2D eigenvalue weighted by Crippen LogP contribution is -2.37. The van der Waals surface area contributed by atoms with Crippen molar-refractivity contribution < 1.29 is 9.59 Å². The second-order valence-electron chi connectivity index (χ2n) is 4.81. The van der Waals surface area contributed by atoms with E-state index >= 15 is 0 Å². The summed E-state index contributed by atoms with van der Waals surface area (Å²) < 4.78 is 0. The SMILES string of the molecule is O=C(NCCC(=O)N1CCCCC1)c1cc(Cl)ccn1. The molecule has 1 aliphatic rings. The predicted octanol–water partition coefficient (Wildman–Crippen LogP) is 1.87. The number of hydrogen-bond acceptors (Lipinski definition) is 3. The predicted molar refractivity (Wildman–Crippen MR) is 76.6 cm³/mol. The van der Waals surface area contributed by atoms with Crippen LogP contribution in [0.1, 0.15) is 36.2 Å². The first kappa shape index (κ1) is 14.8. The zero-order valence-corrected chi connectivity index (χ0v) is 12.0. The van der Waals surface area contributed by atoms with Crippen molar-refractivity contribution in [1.29, 1.82) is 0 Å². The normalized spacial score (nSPS) is 14.9. The summed E-state index contributed by atoms with van der Waals surface area (Å²) in [5.41, 5.74) is 0.267. The number of carbonyl (C=O) groups excluding carboxylic acids is 2. The van der Waals surface area contributed by atoms with Gasteiger partial charge in [-0.3, -0.25) is 14.6 Å². The maximum absolute atomic E-state index is 11.9. The number of piperidine rings is 1. The third-order valence-corrected chi connectivity index (χ3v) is 3.52. The minimum Gasteiger partial charge on any atom is -0.350 e. The highest BCUT2D eigenvalue weighted by atomic mass is 35.5. The average Bonchev–Trinajstić information content (AvgIpc) is 2.48. The van der Waals surface area contributed by atoms with Crippen LogP contribution in [0.4, 0.5) is 0 Å². The Morgan fingerprint density at radius 1 is 1.30 bits per heavy atom. The smallest absolute Gasteiger partial charge is 0.269 e. The zero-order chi connectivity index (χ0) is 14.4. The molecule has 0 radical (unpaired) electrons. The van der Waals surface area contributed by atoms with Gasteiger partial charge < -0.3 is 10.2 Å². The fraction of sp³-hybridized carbons (Fsp3) is 0.500. The Hall–Kier alpha value is -1.62. The molecule has 0 aliphatic carbocycles. The second kappa shape index (κ2) is 7.24. The monoisotopic (exact) mass is 295 g/mol. The van der Waals surface area contributed by atoms with Crippen molar-refractivity contribution in [3.8, 4) is 0 Å². The Balaban J connectivity index is 1.75. The van der Waals surface area contributed by atoms with E-state index in [9.17, 15) is 9.59 Å². The summed E-state index contributed by atoms with van der Waals surface area (Å²) in [6, 6.07) is 3.11. The lowest BCUT2D eigenvalue weighted by Gasteiger charge is -2.26. The minimum absolute atomic E-state index is 0.101. The lowest BCUT2D eigenvalue weighted by atomic mass is 10.1. The van der Waals surface area contributed by atoms with Gasteiger partial charge in [0.25, 0.3) is 5.91 Å². The first-order valence-electron chi connectivity index (χ1n) is 6.84. The Labute approximate surface area is 123 Å². The van der Waals surface area contributed by atoms with E-state index in [0.717, 1.165) is 25.9 Å². The number of nitrogens with zero attached hydrogens (tertiary/aromatic N) is 2. The largest absolute Gasteiger partial charge is 0.350 e. The first-order valence-corrected chi connectivity index (χ1v) is 7.22. The van der Waals surface area contributed by atoms with Gasteiger partial charge in [-0.05, 0) is 31.4 Å². The molecule has 0 unspecified atom stereocenters. The van der Waals surface area contributed by atoms with Gasteiger partial charge in [-0.2, -0.15) is 0 Å². The Morgan fingerprint density at radius 3 is 2.75 bits per heavy atom. The van der Waals surface area contributed by atoms with E-state index in [4.69, 9.17) is 11.6 Å². The number of rotatable bonds is 4. The molecule has 1 aromatic heterocycles. The van der Waals surface area contributed by atoms with Crippen molar-refractivity contribution in [3.63, 3.8) is 0 Å². The molecule has 0 atom stereocenters. The molecule has 6 heteroatoms. The van der Waals surface area contributed by atoms with Gasteiger partial charge in [-0.1, -0.05) is 11.6 Å². The fourth-order valence-corrected chi connectivity index (χ4v) is 2.36. The minimum atomic E-state index is -0.307. The van der Waals surface area contributed by atoms with Crippen LogP contribution in [-0.2, 0) is 4.79 Å². The first-order chi connectivity index (χ1) is 9.66. The van der Waals surface area contributed by atoms with Gasteiger partial charge in [0.1, 0.15) is 5.69 Å². The number of amides is 2. The molecule has 2 rings (SSSR count). The van der Waals surface area contributed by atoms with Crippen LogP contribution in [-0.4, -0.2) is 41.3 Å². The standard InChI is InChI=1S/C14H18ClN3O2/c15-11-4-6-16-12(10-11)14(20)17-7-5-13(19)18-8-2-1-3-9-18/h4,6,10H,1-3,5,7-9H2,(H,17,20). The number of nitrogens with one attached hydrogen (secondary N) is 1. The number of halogens is 1. The molecule has 2 amide bonds. The molecule has 0 bridgehead atoms. The second-order valence-corrected chi connectivity index (χ2v) is 5.24. The van der Waals surface area contributed by atoms with Crippen molar-refractivity contribution in [1.82, 2.24) is 15.2 Å². The summed E-state index contributed by atoms with van der Waals surface area (Å²) in [7, 11) is 0. The van der Waals surface area contributed by atoms with E-state index in [0.29, 0.717) is 18.0 Å². The maximum atomic E-state index is 11.9. The molecule has 1 aromatic rings. The van der Waals surface area contributed by atoms with Crippen LogP contribution in [0.5, 0.6) is 0 Å². The molecular weight excluding hydrogens is 278 g/mol. The van der Waals surface area contributed by atoms with Gasteiger partial charge in [0, 0.05) is 37.3 Å². The van der Waals surface area contributed by atoms with E-state index < -0.39 is 0 Å². The van der Waals surface area contributed by atoms with Crippen LogP contribution in [0.3, 0.4) is 0 Å². The highest BCUT2D eigenvalue weighted by Crippen LogP contribution is 2.10. The van der Waals surface area contributed by atoms with Gasteiger partial charge in [0.05, 0.1) is 0 Å². The average molecular weight is 296 g/mol. The summed E-state index contributed by atoms with van der Waals surface area (Å²) in [5.74, 6) is -0.206. The van der Waals surface area contributed by atoms with Gasteiger partial charge in [0.2, 0.25) is 5.91 Å². The van der Waals surface area contributed by atoms with Gasteiger partial charge in [0.15, 0.2) is 0 Å². The Kier molecular flexibility index (Phi) is 5.35. The third-order valence-electron chi connectivity index (χ3n) is 3.29. The molecule has 1 N–H and O–H groups in total. The van der Waals surface area contributed by atoms with Gasteiger partial charge in [-0.25, -0.2) is 0 Å². The topological polar surface area (TPSA) is 62.3 Å². The van der Waals surface area contributed by atoms with Crippen molar-refractivity contribution in [2.75, 3.05) is 19.6 Å². The van der Waals surface area contributed by atoms with Crippen LogP contribution < -0.4 is 5.32 Å². The van der Waals surface area contributed by atoms with Crippen LogP contribution in [0.25, 0.3) is 0 Å². The number of likely N-dealkylation sites (tertiary alicyclic amines) is 1. The third kappa shape index (κ3) is 4.20. The summed E-state index contributed by atoms with van der Waals surface area (Å²) in [5, 5.41) is 3.16. The van der Waals surface area contributed by atoms with Crippen molar-refractivity contribution in [3.05, 3.63) is 29.0 Å². The highest BCUT2D eigenvalue weighted by Gasteiger charge is 2.16. The Bertz CT molecular complexity index is 487. The molecule has 20 heavy (non-hydrogen) atoms. The van der Waals surface area contributed by atoms with E-state index in [1.165, 1.54) is 18.7 Å². The number of aromatic nitrogens is 1. The molecule has 1 aliphatic heterocycles. The molecule has 0 spiro atoms. The number of pyridine rings is 1. The molecule has 0 saturated carbocycles. The Morgan fingerprint density at radius 2 is 2.05 bits per heavy atom. The maximum Gasteiger partial charge on any atom is 0.269 e. The van der Waals surface area contributed by atoms with Gasteiger partial charge >= 0.3 is 0 Å². The molecule has 2 heterocycles. The summed E-state index contributed by atoms with van der Waals surface area (Å²) >= 11 is 5.79. The quantitative estimate of drug-likeness (QED) is 0.922. The fourth-order valence-electron chi connectivity index (χ4n) is 2.20. The van der Waals surface area contributed by atoms with Gasteiger partial charge in [-0.15, -0.1) is 0 Å². The van der Waals surface area contributed by atoms with E-state index in [1.54, 1.807) is 6.07 Å². The molecule has 0 aromatic carbocycles. The van der Waals surface area contributed by atoms with Crippen molar-refractivity contribution in [2.24, 2.45) is 0 Å². The van der Waals surface area contributed by atoms with E-state index in [1.807, 2.05) is 4.90 Å². The van der Waals surface area contributed by atoms with E-state index in [2.05, 4.69) is 10.3 Å². The number of carbonyl (C=O) groups is 2. The highest BCUT2D eigenvalue weighted by molar-refractivity contribution is 6.30. The molecule has 108 valence electrons. The lowest BCUT2D eigenvalue weighted by molar-refractivity contribution is -0.131. The molecule has 5 nitrogen and oxygen atoms in total.